The fourth-order valence-corrected chi connectivity index (χ4v) is 11.7. The van der Waals surface area contributed by atoms with E-state index in [-0.39, 0.29) is 30.1 Å². The molecule has 0 spiro atoms. The smallest absolute Gasteiger partial charge is 0.338 e. The van der Waals surface area contributed by atoms with Crippen LogP contribution in [-0.2, 0) is 14.2 Å². The van der Waals surface area contributed by atoms with Gasteiger partial charge in [0, 0.05) is 25.3 Å². The van der Waals surface area contributed by atoms with E-state index in [1.54, 1.807) is 17.7 Å². The van der Waals surface area contributed by atoms with Crippen LogP contribution >= 0.6 is 0 Å². The molecular formula is C44H66O6. The Bertz CT molecular complexity index is 1300. The molecule has 278 valence electrons. The van der Waals surface area contributed by atoms with Gasteiger partial charge in [0.1, 0.15) is 17.6 Å². The van der Waals surface area contributed by atoms with E-state index in [1.807, 2.05) is 6.07 Å². The van der Waals surface area contributed by atoms with E-state index in [0.29, 0.717) is 35.7 Å². The zero-order valence-corrected chi connectivity index (χ0v) is 31.9. The standard InChI is InChI=1S/C44H66O6/c1-29(2)11-10-12-30(3)37-17-18-38-36-16-15-32-27-33(19-21-43(32,4)39(36)20-22-44(37,38)5)50-42(45)31-25-34(48-40-13-6-8-23-46-40)28-35(26-31)49-41-14-7-9-24-47-41/h15,25-26,28-30,33,36-41H,6-14,16-24,27H2,1-5H3. The molecule has 0 N–H and O–H groups in total. The Morgan fingerprint density at radius 1 is 0.820 bits per heavy atom. The summed E-state index contributed by atoms with van der Waals surface area (Å²) in [6, 6.07) is 5.45. The molecule has 6 nitrogen and oxygen atoms in total. The summed E-state index contributed by atoms with van der Waals surface area (Å²) in [6.45, 7) is 13.9. The number of ether oxygens (including phenoxy) is 5. The summed E-state index contributed by atoms with van der Waals surface area (Å²) in [5.74, 6) is 5.81. The molecule has 4 aliphatic carbocycles. The van der Waals surface area contributed by atoms with Gasteiger partial charge in [-0.2, -0.15) is 0 Å². The zero-order valence-electron chi connectivity index (χ0n) is 31.9. The largest absolute Gasteiger partial charge is 0.465 e. The quantitative estimate of drug-likeness (QED) is 0.170. The van der Waals surface area contributed by atoms with E-state index >= 15 is 0 Å². The average Bonchev–Trinajstić information content (AvgIpc) is 3.46. The first-order valence-electron chi connectivity index (χ1n) is 20.7. The van der Waals surface area contributed by atoms with Crippen LogP contribution in [-0.4, -0.2) is 37.9 Å². The van der Waals surface area contributed by atoms with E-state index < -0.39 is 0 Å². The molecule has 2 saturated heterocycles. The molecule has 1 aromatic carbocycles. The summed E-state index contributed by atoms with van der Waals surface area (Å²) >= 11 is 0. The Morgan fingerprint density at radius 3 is 2.16 bits per heavy atom. The van der Waals surface area contributed by atoms with E-state index in [4.69, 9.17) is 23.7 Å². The number of benzene rings is 1. The van der Waals surface area contributed by atoms with Gasteiger partial charge < -0.3 is 23.7 Å². The van der Waals surface area contributed by atoms with E-state index in [1.165, 1.54) is 51.4 Å². The van der Waals surface area contributed by atoms with Gasteiger partial charge in [0.25, 0.3) is 0 Å². The lowest BCUT2D eigenvalue weighted by Gasteiger charge is -2.58. The van der Waals surface area contributed by atoms with E-state index in [0.717, 1.165) is 93.3 Å². The van der Waals surface area contributed by atoms with Crippen molar-refractivity contribution in [3.05, 3.63) is 35.4 Å². The minimum atomic E-state index is -0.308. The van der Waals surface area contributed by atoms with Crippen molar-refractivity contribution in [1.29, 1.82) is 0 Å². The number of carbonyl (C=O) groups excluding carboxylic acids is 1. The first-order chi connectivity index (χ1) is 24.1. The van der Waals surface area contributed by atoms with Crippen molar-refractivity contribution in [3.8, 4) is 11.5 Å². The van der Waals surface area contributed by atoms with Crippen LogP contribution in [0.3, 0.4) is 0 Å². The van der Waals surface area contributed by atoms with Crippen molar-refractivity contribution < 1.29 is 28.5 Å². The molecule has 6 aliphatic rings. The highest BCUT2D eigenvalue weighted by Gasteiger charge is 2.59. The lowest BCUT2D eigenvalue weighted by atomic mass is 9.47. The summed E-state index contributed by atoms with van der Waals surface area (Å²) in [6.07, 6.45) is 21.6. The molecule has 5 fully saturated rings. The lowest BCUT2D eigenvalue weighted by Crippen LogP contribution is -2.51. The molecule has 50 heavy (non-hydrogen) atoms. The molecule has 0 bridgehead atoms. The van der Waals surface area contributed by atoms with Gasteiger partial charge >= 0.3 is 5.97 Å². The van der Waals surface area contributed by atoms with Crippen LogP contribution in [0, 0.1) is 46.3 Å². The monoisotopic (exact) mass is 690 g/mol. The maximum absolute atomic E-state index is 13.8. The second kappa shape index (κ2) is 15.5. The van der Waals surface area contributed by atoms with Crippen LogP contribution in [0.15, 0.2) is 29.8 Å². The number of carbonyl (C=O) groups is 1. The molecular weight excluding hydrogens is 624 g/mol. The SMILES string of the molecule is CC(C)CCCC(C)C1CCC2C3CC=C4CC(OC(=O)c5cc(OC6CCCCO6)cc(OC6CCCCO6)c5)CCC4(C)C3CCC12C. The van der Waals surface area contributed by atoms with Crippen molar-refractivity contribution in [3.63, 3.8) is 0 Å². The zero-order chi connectivity index (χ0) is 34.9. The fourth-order valence-electron chi connectivity index (χ4n) is 11.7. The number of allylic oxidation sites excluding steroid dienone is 1. The number of rotatable bonds is 11. The molecule has 10 unspecified atom stereocenters. The second-order valence-corrected chi connectivity index (χ2v) is 18.1. The minimum absolute atomic E-state index is 0.105. The van der Waals surface area contributed by atoms with Crippen LogP contribution in [0.4, 0.5) is 0 Å². The molecule has 2 aliphatic heterocycles. The first kappa shape index (κ1) is 36.3. The maximum Gasteiger partial charge on any atom is 0.338 e. The summed E-state index contributed by atoms with van der Waals surface area (Å²) in [5, 5.41) is 0. The minimum Gasteiger partial charge on any atom is -0.465 e. The Hall–Kier alpha value is -2.05. The third-order valence-electron chi connectivity index (χ3n) is 14.5. The van der Waals surface area contributed by atoms with Crippen molar-refractivity contribution in [2.75, 3.05) is 13.2 Å². The summed E-state index contributed by atoms with van der Waals surface area (Å²) in [4.78, 5) is 13.8. The maximum atomic E-state index is 13.8. The van der Waals surface area contributed by atoms with Gasteiger partial charge in [-0.25, -0.2) is 4.79 Å². The fraction of sp³-hybridized carbons (Fsp3) is 0.795. The van der Waals surface area contributed by atoms with Crippen molar-refractivity contribution >= 4 is 5.97 Å². The molecule has 6 heteroatoms. The third-order valence-corrected chi connectivity index (χ3v) is 14.5. The Balaban J connectivity index is 1.01. The highest BCUT2D eigenvalue weighted by Crippen LogP contribution is 2.67. The van der Waals surface area contributed by atoms with E-state index in [2.05, 4.69) is 40.7 Å². The van der Waals surface area contributed by atoms with Gasteiger partial charge in [-0.1, -0.05) is 65.5 Å². The van der Waals surface area contributed by atoms with Gasteiger partial charge in [-0.15, -0.1) is 0 Å². The molecule has 0 radical (unpaired) electrons. The summed E-state index contributed by atoms with van der Waals surface area (Å²) < 4.78 is 30.5. The lowest BCUT2D eigenvalue weighted by molar-refractivity contribution is -0.109. The third kappa shape index (κ3) is 7.68. The topological polar surface area (TPSA) is 63.2 Å². The predicted molar refractivity (Wildman–Crippen MR) is 197 cm³/mol. The molecule has 2 heterocycles. The van der Waals surface area contributed by atoms with Gasteiger partial charge in [0.15, 0.2) is 12.6 Å². The van der Waals surface area contributed by atoms with Gasteiger partial charge in [-0.3, -0.25) is 0 Å². The molecule has 0 amide bonds. The number of hydrogen-bond acceptors (Lipinski definition) is 6. The average molecular weight is 691 g/mol. The highest BCUT2D eigenvalue weighted by atomic mass is 16.7. The Kier molecular flexibility index (Phi) is 11.3. The van der Waals surface area contributed by atoms with Gasteiger partial charge in [0.05, 0.1) is 18.8 Å². The number of esters is 1. The van der Waals surface area contributed by atoms with Crippen LogP contribution < -0.4 is 9.47 Å². The van der Waals surface area contributed by atoms with Crippen molar-refractivity contribution in [2.45, 2.75) is 162 Å². The van der Waals surface area contributed by atoms with Gasteiger partial charge in [0.2, 0.25) is 0 Å². The summed E-state index contributed by atoms with van der Waals surface area (Å²) in [5.41, 5.74) is 2.74. The van der Waals surface area contributed by atoms with Gasteiger partial charge in [-0.05, 0) is 129 Å². The van der Waals surface area contributed by atoms with Crippen molar-refractivity contribution in [2.24, 2.45) is 46.3 Å². The highest BCUT2D eigenvalue weighted by molar-refractivity contribution is 5.90. The second-order valence-electron chi connectivity index (χ2n) is 18.1. The van der Waals surface area contributed by atoms with Crippen LogP contribution in [0.2, 0.25) is 0 Å². The number of hydrogen-bond donors (Lipinski definition) is 0. The Morgan fingerprint density at radius 2 is 1.52 bits per heavy atom. The summed E-state index contributed by atoms with van der Waals surface area (Å²) in [7, 11) is 0. The normalized spacial score (nSPS) is 37.6. The number of fused-ring (bicyclic) bond motifs is 5. The van der Waals surface area contributed by atoms with E-state index in [9.17, 15) is 4.79 Å². The Labute approximate surface area is 302 Å². The molecule has 10 atom stereocenters. The van der Waals surface area contributed by atoms with Crippen molar-refractivity contribution in [1.82, 2.24) is 0 Å². The first-order valence-corrected chi connectivity index (χ1v) is 20.7. The van der Waals surface area contributed by atoms with Crippen LogP contribution in [0.25, 0.3) is 0 Å². The van der Waals surface area contributed by atoms with Crippen LogP contribution in [0.5, 0.6) is 11.5 Å². The molecule has 7 rings (SSSR count). The molecule has 0 aromatic heterocycles. The molecule has 1 aromatic rings. The molecule has 3 saturated carbocycles. The predicted octanol–water partition coefficient (Wildman–Crippen LogP) is 11.1. The van der Waals surface area contributed by atoms with Crippen LogP contribution in [0.1, 0.15) is 154 Å².